The Hall–Kier alpha value is -4.20. The zero-order valence-electron chi connectivity index (χ0n) is 20.7. The van der Waals surface area contributed by atoms with Crippen LogP contribution in [0.3, 0.4) is 0 Å². The summed E-state index contributed by atoms with van der Waals surface area (Å²) >= 11 is 1.58. The molecule has 1 aromatic carbocycles. The van der Waals surface area contributed by atoms with Gasteiger partial charge in [-0.1, -0.05) is 6.92 Å². The van der Waals surface area contributed by atoms with Crippen LogP contribution in [0.1, 0.15) is 17.3 Å². The van der Waals surface area contributed by atoms with E-state index < -0.39 is 12.5 Å². The van der Waals surface area contributed by atoms with E-state index in [0.717, 1.165) is 4.90 Å². The molecule has 11 nitrogen and oxygen atoms in total. The summed E-state index contributed by atoms with van der Waals surface area (Å²) < 4.78 is 34.5. The molecule has 1 unspecified atom stereocenters. The van der Waals surface area contributed by atoms with E-state index in [-0.39, 0.29) is 46.0 Å². The van der Waals surface area contributed by atoms with Crippen LogP contribution < -0.4 is 15.4 Å². The van der Waals surface area contributed by atoms with Gasteiger partial charge in [-0.3, -0.25) is 14.3 Å². The first-order chi connectivity index (χ1) is 18.2. The highest BCUT2D eigenvalue weighted by atomic mass is 32.2. The number of hydrogen-bond donors (Lipinski definition) is 2. The second-order valence-electron chi connectivity index (χ2n) is 8.81. The summed E-state index contributed by atoms with van der Waals surface area (Å²) in [7, 11) is 3.22. The largest absolute Gasteiger partial charge is 0.434 e. The number of thioether (sulfide) groups is 1. The maximum absolute atomic E-state index is 13.4. The van der Waals surface area contributed by atoms with E-state index in [4.69, 9.17) is 4.74 Å². The Kier molecular flexibility index (Phi) is 6.89. The van der Waals surface area contributed by atoms with E-state index in [9.17, 15) is 18.4 Å². The predicted molar refractivity (Wildman–Crippen MR) is 138 cm³/mol. The van der Waals surface area contributed by atoms with Crippen LogP contribution in [-0.2, 0) is 11.3 Å². The number of hydrogen-bond acceptors (Lipinski definition) is 8. The fourth-order valence-corrected chi connectivity index (χ4v) is 4.98. The highest BCUT2D eigenvalue weighted by Gasteiger charge is 2.26. The van der Waals surface area contributed by atoms with E-state index in [1.165, 1.54) is 38.8 Å². The van der Waals surface area contributed by atoms with Gasteiger partial charge in [-0.15, -0.1) is 11.8 Å². The number of fused-ring (bicyclic) bond motifs is 2. The first-order valence-electron chi connectivity index (χ1n) is 11.6. The van der Waals surface area contributed by atoms with Crippen LogP contribution in [0.15, 0.2) is 47.9 Å². The smallest absolute Gasteiger partial charge is 0.387 e. The van der Waals surface area contributed by atoms with Gasteiger partial charge in [0.05, 0.1) is 17.6 Å². The van der Waals surface area contributed by atoms with Gasteiger partial charge in [0, 0.05) is 61.0 Å². The zero-order chi connectivity index (χ0) is 27.0. The molecule has 1 aliphatic heterocycles. The van der Waals surface area contributed by atoms with Gasteiger partial charge in [0.25, 0.3) is 5.91 Å². The molecule has 0 spiro atoms. The van der Waals surface area contributed by atoms with Crippen molar-refractivity contribution in [1.29, 1.82) is 0 Å². The van der Waals surface area contributed by atoms with Gasteiger partial charge in [0.2, 0.25) is 5.91 Å². The quantitative estimate of drug-likeness (QED) is 0.365. The molecule has 2 N–H and O–H groups in total. The molecule has 4 aromatic rings. The molecule has 0 radical (unpaired) electrons. The van der Waals surface area contributed by atoms with Crippen LogP contribution in [0.25, 0.3) is 16.9 Å². The van der Waals surface area contributed by atoms with Crippen molar-refractivity contribution in [2.45, 2.75) is 30.2 Å². The summed E-state index contributed by atoms with van der Waals surface area (Å²) in [6.07, 6.45) is 6.06. The summed E-state index contributed by atoms with van der Waals surface area (Å²) in [5.74, 6) is -0.886. The number of anilines is 2. The molecule has 0 saturated carbocycles. The van der Waals surface area contributed by atoms with Crippen LogP contribution in [0.4, 0.5) is 20.2 Å². The van der Waals surface area contributed by atoms with Gasteiger partial charge in [0.1, 0.15) is 23.6 Å². The average Bonchev–Trinajstić information content (AvgIpc) is 3.47. The molecule has 1 atom stereocenters. The summed E-state index contributed by atoms with van der Waals surface area (Å²) in [5, 5.41) is 14.9. The van der Waals surface area contributed by atoms with Crippen LogP contribution in [0, 0.1) is 0 Å². The topological polar surface area (TPSA) is 119 Å². The van der Waals surface area contributed by atoms with Gasteiger partial charge in [-0.05, 0) is 12.1 Å². The number of carbonyl (C=O) groups excluding carboxylic acids is 2. The standard InChI is InChI=1S/C24H24F2N8O3S/c1-13-9-28-16-8-18(37-24(25)26)14(7-19(16)38-13)21-17(11-33(31-21)12-20(35)32(2)3)30-23(36)15-10-29-34-6-4-5-27-22(15)34/h4-8,10-11,13,24,28H,9,12H2,1-3H3,(H,30,36). The molecular weight excluding hydrogens is 518 g/mol. The Balaban J connectivity index is 1.60. The third-order valence-electron chi connectivity index (χ3n) is 5.79. The highest BCUT2D eigenvalue weighted by Crippen LogP contribution is 2.44. The van der Waals surface area contributed by atoms with Crippen LogP contribution >= 0.6 is 11.8 Å². The van der Waals surface area contributed by atoms with Crippen molar-refractivity contribution in [3.8, 4) is 17.0 Å². The molecule has 0 bridgehead atoms. The van der Waals surface area contributed by atoms with E-state index in [2.05, 4.69) is 25.8 Å². The fourth-order valence-electron chi connectivity index (χ4n) is 3.94. The summed E-state index contributed by atoms with van der Waals surface area (Å²) in [6.45, 7) is -0.498. The number of halogens is 2. The summed E-state index contributed by atoms with van der Waals surface area (Å²) in [4.78, 5) is 32.1. The minimum Gasteiger partial charge on any atom is -0.434 e. The van der Waals surface area contributed by atoms with Crippen molar-refractivity contribution in [3.05, 3.63) is 48.5 Å². The third kappa shape index (κ3) is 5.11. The van der Waals surface area contributed by atoms with Gasteiger partial charge in [0.15, 0.2) is 5.65 Å². The molecule has 1 aliphatic rings. The summed E-state index contributed by atoms with van der Waals surface area (Å²) in [6, 6.07) is 4.88. The SMILES string of the molecule is CC1CNc2cc(OC(F)F)c(-c3nn(CC(=O)N(C)C)cc3NC(=O)c3cnn4cccnc34)cc2S1. The number of rotatable bonds is 7. The molecule has 3 aromatic heterocycles. The number of benzene rings is 1. The van der Waals surface area contributed by atoms with E-state index in [1.807, 2.05) is 6.92 Å². The predicted octanol–water partition coefficient (Wildman–Crippen LogP) is 3.44. The molecule has 0 aliphatic carbocycles. The number of nitrogens with one attached hydrogen (secondary N) is 2. The number of likely N-dealkylation sites (N-methyl/N-ethyl adjacent to an activating group) is 1. The second-order valence-corrected chi connectivity index (χ2v) is 10.3. The maximum atomic E-state index is 13.4. The number of aromatic nitrogens is 5. The van der Waals surface area contributed by atoms with Gasteiger partial charge in [-0.2, -0.15) is 19.0 Å². The first kappa shape index (κ1) is 25.4. The number of ether oxygens (including phenoxy) is 1. The van der Waals surface area contributed by atoms with Gasteiger partial charge >= 0.3 is 6.61 Å². The summed E-state index contributed by atoms with van der Waals surface area (Å²) in [5.41, 5.74) is 1.84. The third-order valence-corrected chi connectivity index (χ3v) is 6.95. The number of nitrogens with zero attached hydrogens (tertiary/aromatic N) is 6. The molecular formula is C24H24F2N8O3S. The maximum Gasteiger partial charge on any atom is 0.387 e. The number of amides is 2. The molecule has 0 saturated heterocycles. The van der Waals surface area contributed by atoms with Crippen molar-refractivity contribution in [2.24, 2.45) is 0 Å². The highest BCUT2D eigenvalue weighted by molar-refractivity contribution is 8.00. The lowest BCUT2D eigenvalue weighted by Crippen LogP contribution is -2.26. The molecule has 14 heteroatoms. The normalized spacial score (nSPS) is 14.7. The van der Waals surface area contributed by atoms with Crippen molar-refractivity contribution in [1.82, 2.24) is 29.3 Å². The minimum atomic E-state index is -3.08. The lowest BCUT2D eigenvalue weighted by Gasteiger charge is -2.24. The molecule has 4 heterocycles. The Morgan fingerprint density at radius 3 is 2.92 bits per heavy atom. The monoisotopic (exact) mass is 542 g/mol. The van der Waals surface area contributed by atoms with Gasteiger partial charge < -0.3 is 20.3 Å². The van der Waals surface area contributed by atoms with E-state index in [1.54, 1.807) is 44.2 Å². The Labute approximate surface area is 220 Å². The number of alkyl halides is 2. The van der Waals surface area contributed by atoms with Crippen molar-refractivity contribution in [3.63, 3.8) is 0 Å². The average molecular weight is 543 g/mol. The molecule has 38 heavy (non-hydrogen) atoms. The van der Waals surface area contributed by atoms with E-state index >= 15 is 0 Å². The molecule has 198 valence electrons. The van der Waals surface area contributed by atoms with Crippen LogP contribution in [0.5, 0.6) is 5.75 Å². The number of carbonyl (C=O) groups is 2. The fraction of sp³-hybridized carbons (Fsp3) is 0.292. The molecule has 2 amide bonds. The van der Waals surface area contributed by atoms with Crippen LogP contribution in [-0.4, -0.2) is 73.6 Å². The van der Waals surface area contributed by atoms with Gasteiger partial charge in [-0.25, -0.2) is 9.50 Å². The Bertz CT molecular complexity index is 1520. The van der Waals surface area contributed by atoms with E-state index in [0.29, 0.717) is 17.9 Å². The van der Waals surface area contributed by atoms with Crippen molar-refractivity contribution < 1.29 is 23.1 Å². The Morgan fingerprint density at radius 1 is 1.34 bits per heavy atom. The molecule has 0 fully saturated rings. The Morgan fingerprint density at radius 2 is 2.16 bits per heavy atom. The second kappa shape index (κ2) is 10.3. The zero-order valence-corrected chi connectivity index (χ0v) is 21.5. The van der Waals surface area contributed by atoms with Crippen molar-refractivity contribution >= 4 is 40.6 Å². The van der Waals surface area contributed by atoms with Crippen LogP contribution in [0.2, 0.25) is 0 Å². The first-order valence-corrected chi connectivity index (χ1v) is 12.5. The van der Waals surface area contributed by atoms with Crippen molar-refractivity contribution in [2.75, 3.05) is 31.3 Å². The lowest BCUT2D eigenvalue weighted by molar-refractivity contribution is -0.129. The lowest BCUT2D eigenvalue weighted by atomic mass is 10.1. The molecule has 5 rings (SSSR count). The minimum absolute atomic E-state index is 0.112.